The van der Waals surface area contributed by atoms with Crippen LogP contribution in [0.1, 0.15) is 10.4 Å². The van der Waals surface area contributed by atoms with Crippen molar-refractivity contribution >= 4 is 59.0 Å². The molecule has 5 aromatic rings. The van der Waals surface area contributed by atoms with Gasteiger partial charge < -0.3 is 8.98 Å². The van der Waals surface area contributed by atoms with Gasteiger partial charge >= 0.3 is 5.63 Å². The Kier molecular flexibility index (Phi) is 5.30. The molecule has 34 heavy (non-hydrogen) atoms. The summed E-state index contributed by atoms with van der Waals surface area (Å²) in [6.07, 6.45) is 2.79. The van der Waals surface area contributed by atoms with Crippen LogP contribution >= 0.6 is 11.3 Å². The maximum atomic E-state index is 13.1. The predicted octanol–water partition coefficient (Wildman–Crippen LogP) is 4.29. The highest BCUT2D eigenvalue weighted by Gasteiger charge is 2.17. The molecule has 0 N–H and O–H groups in total. The molecule has 0 spiro atoms. The maximum absolute atomic E-state index is 13.1. The first-order valence-electron chi connectivity index (χ1n) is 10.3. The van der Waals surface area contributed by atoms with E-state index in [9.17, 15) is 18.0 Å². The smallest absolute Gasteiger partial charge is 0.349 e. The quantitative estimate of drug-likeness (QED) is 0.213. The van der Waals surface area contributed by atoms with Crippen molar-refractivity contribution in [3.05, 3.63) is 94.1 Å². The van der Waals surface area contributed by atoms with Gasteiger partial charge in [0, 0.05) is 18.2 Å². The number of fused-ring (bicyclic) bond motifs is 4. The first-order chi connectivity index (χ1) is 16.3. The molecule has 0 radical (unpaired) electrons. The Hall–Kier alpha value is -3.82. The third kappa shape index (κ3) is 3.78. The summed E-state index contributed by atoms with van der Waals surface area (Å²) >= 11 is 1.16. The van der Waals surface area contributed by atoms with E-state index < -0.39 is 21.4 Å². The predicted molar refractivity (Wildman–Crippen MR) is 133 cm³/mol. The Morgan fingerprint density at radius 1 is 1.12 bits per heavy atom. The molecule has 0 fully saturated rings. The van der Waals surface area contributed by atoms with Gasteiger partial charge in [0.2, 0.25) is 0 Å². The van der Waals surface area contributed by atoms with Gasteiger partial charge in [0.25, 0.3) is 5.91 Å². The van der Waals surface area contributed by atoms with E-state index in [0.29, 0.717) is 32.5 Å². The molecule has 0 saturated carbocycles. The Labute approximate surface area is 197 Å². The van der Waals surface area contributed by atoms with Crippen LogP contribution in [0.4, 0.5) is 0 Å². The van der Waals surface area contributed by atoms with Crippen molar-refractivity contribution in [3.63, 3.8) is 0 Å². The number of nitrogens with zero attached hydrogens (tertiary/aromatic N) is 2. The average molecular weight is 491 g/mol. The fourth-order valence-corrected chi connectivity index (χ4v) is 5.64. The van der Waals surface area contributed by atoms with Gasteiger partial charge in [0.15, 0.2) is 14.6 Å². The number of sulfone groups is 1. The monoisotopic (exact) mass is 490 g/mol. The minimum absolute atomic E-state index is 0.173. The van der Waals surface area contributed by atoms with Crippen molar-refractivity contribution in [2.45, 2.75) is 11.4 Å². The van der Waals surface area contributed by atoms with Crippen LogP contribution in [-0.4, -0.2) is 25.1 Å². The zero-order valence-corrected chi connectivity index (χ0v) is 19.7. The number of rotatable bonds is 4. The number of amides is 1. The molecule has 5 rings (SSSR count). The zero-order chi connectivity index (χ0) is 24.0. The van der Waals surface area contributed by atoms with Gasteiger partial charge in [0.05, 0.1) is 15.1 Å². The summed E-state index contributed by atoms with van der Waals surface area (Å²) < 4.78 is 31.7. The van der Waals surface area contributed by atoms with Crippen molar-refractivity contribution in [3.8, 4) is 0 Å². The summed E-state index contributed by atoms with van der Waals surface area (Å²) in [5, 5.41) is 2.45. The molecule has 0 bridgehead atoms. The van der Waals surface area contributed by atoms with Gasteiger partial charge in [-0.05, 0) is 41.1 Å². The first kappa shape index (κ1) is 22.0. The van der Waals surface area contributed by atoms with Crippen molar-refractivity contribution < 1.29 is 17.6 Å². The maximum Gasteiger partial charge on any atom is 0.349 e. The molecule has 9 heteroatoms. The molecule has 0 aliphatic heterocycles. The molecular weight excluding hydrogens is 472 g/mol. The minimum Gasteiger partial charge on any atom is -0.422 e. The Balaban J connectivity index is 1.71. The Bertz CT molecular complexity index is 1880. The van der Waals surface area contributed by atoms with Crippen LogP contribution in [0.5, 0.6) is 0 Å². The van der Waals surface area contributed by atoms with Crippen LogP contribution in [0.3, 0.4) is 0 Å². The molecule has 2 aromatic heterocycles. The number of hydrogen-bond acceptors (Lipinski definition) is 6. The lowest BCUT2D eigenvalue weighted by molar-refractivity contribution is 0.0994. The van der Waals surface area contributed by atoms with Gasteiger partial charge in [-0.3, -0.25) is 4.79 Å². The third-order valence-corrected chi connectivity index (χ3v) is 7.61. The first-order valence-corrected chi connectivity index (χ1v) is 13.0. The molecule has 170 valence electrons. The summed E-state index contributed by atoms with van der Waals surface area (Å²) in [5.74, 6) is -0.740. The fourth-order valence-electron chi connectivity index (χ4n) is 3.84. The Morgan fingerprint density at radius 2 is 1.91 bits per heavy atom. The highest BCUT2D eigenvalue weighted by Crippen LogP contribution is 2.25. The number of aromatic nitrogens is 1. The summed E-state index contributed by atoms with van der Waals surface area (Å²) in [6, 6.07) is 17.4. The number of benzene rings is 3. The van der Waals surface area contributed by atoms with Crippen LogP contribution in [0.25, 0.3) is 32.0 Å². The summed E-state index contributed by atoms with van der Waals surface area (Å²) in [5.41, 5.74) is 0.146. The number of hydrogen-bond donors (Lipinski definition) is 0. The van der Waals surface area contributed by atoms with Crippen LogP contribution in [-0.2, 0) is 16.4 Å². The van der Waals surface area contributed by atoms with Crippen LogP contribution < -0.4 is 10.4 Å². The van der Waals surface area contributed by atoms with Crippen molar-refractivity contribution in [2.75, 3.05) is 6.26 Å². The van der Waals surface area contributed by atoms with Gasteiger partial charge in [-0.25, -0.2) is 13.2 Å². The van der Waals surface area contributed by atoms with E-state index in [1.807, 2.05) is 30.3 Å². The highest BCUT2D eigenvalue weighted by molar-refractivity contribution is 7.90. The van der Waals surface area contributed by atoms with Crippen LogP contribution in [0.15, 0.2) is 92.4 Å². The fraction of sp³-hybridized carbons (Fsp3) is 0.0800. The molecule has 0 unspecified atom stereocenters. The van der Waals surface area contributed by atoms with E-state index >= 15 is 0 Å². The summed E-state index contributed by atoms with van der Waals surface area (Å²) in [7, 11) is -3.39. The lowest BCUT2D eigenvalue weighted by Gasteiger charge is -2.04. The standard InChI is InChI=1S/C25H18N2O5S2/c1-3-12-27-20-10-9-16(34(2,30)31)13-22(20)33-25(27)26-23(28)19-14-18-17-7-5-4-6-15(17)8-11-21(18)32-24(19)29/h3-11,13-14H,1,12H2,2H3. The van der Waals surface area contributed by atoms with Gasteiger partial charge in [-0.1, -0.05) is 47.7 Å². The average Bonchev–Trinajstić information content (AvgIpc) is 3.14. The van der Waals surface area contributed by atoms with E-state index in [2.05, 4.69) is 11.6 Å². The largest absolute Gasteiger partial charge is 0.422 e. The van der Waals surface area contributed by atoms with Gasteiger partial charge in [-0.2, -0.15) is 4.99 Å². The van der Waals surface area contributed by atoms with Crippen molar-refractivity contribution in [1.29, 1.82) is 0 Å². The lowest BCUT2D eigenvalue weighted by Crippen LogP contribution is -2.19. The zero-order valence-electron chi connectivity index (χ0n) is 18.0. The second kappa shape index (κ2) is 8.19. The SMILES string of the molecule is C=CCn1c(=NC(=O)c2cc3c(ccc4ccccc43)oc2=O)sc2cc(S(C)(=O)=O)ccc21. The van der Waals surface area contributed by atoms with E-state index in [-0.39, 0.29) is 10.5 Å². The third-order valence-electron chi connectivity index (χ3n) is 5.46. The lowest BCUT2D eigenvalue weighted by atomic mass is 10.0. The van der Waals surface area contributed by atoms with Gasteiger partial charge in [-0.15, -0.1) is 6.58 Å². The molecule has 0 saturated heterocycles. The second-order valence-electron chi connectivity index (χ2n) is 7.75. The van der Waals surface area contributed by atoms with Crippen LogP contribution in [0, 0.1) is 0 Å². The van der Waals surface area contributed by atoms with E-state index in [1.54, 1.807) is 28.8 Å². The van der Waals surface area contributed by atoms with Crippen molar-refractivity contribution in [1.82, 2.24) is 4.57 Å². The second-order valence-corrected chi connectivity index (χ2v) is 10.8. The molecule has 0 aliphatic rings. The molecule has 0 atom stereocenters. The van der Waals surface area contributed by atoms with E-state index in [0.717, 1.165) is 28.4 Å². The highest BCUT2D eigenvalue weighted by atomic mass is 32.2. The van der Waals surface area contributed by atoms with Crippen LogP contribution in [0.2, 0.25) is 0 Å². The molecule has 7 nitrogen and oxygen atoms in total. The number of carbonyl (C=O) groups excluding carboxylic acids is 1. The molecule has 3 aromatic carbocycles. The summed E-state index contributed by atoms with van der Waals surface area (Å²) in [4.78, 5) is 30.4. The normalized spacial score (nSPS) is 12.6. The molecule has 1 amide bonds. The molecular formula is C25H18N2O5S2. The molecule has 0 aliphatic carbocycles. The minimum atomic E-state index is -3.39. The van der Waals surface area contributed by atoms with Gasteiger partial charge in [0.1, 0.15) is 11.1 Å². The summed E-state index contributed by atoms with van der Waals surface area (Å²) in [6.45, 7) is 4.10. The number of carbonyl (C=O) groups is 1. The van der Waals surface area contributed by atoms with E-state index in [1.165, 1.54) is 12.1 Å². The molecule has 2 heterocycles. The van der Waals surface area contributed by atoms with Crippen molar-refractivity contribution in [2.24, 2.45) is 4.99 Å². The van der Waals surface area contributed by atoms with E-state index in [4.69, 9.17) is 4.42 Å². The Morgan fingerprint density at radius 3 is 2.68 bits per heavy atom. The topological polar surface area (TPSA) is 98.7 Å². The number of thiazole rings is 1. The number of allylic oxidation sites excluding steroid dienone is 1.